The summed E-state index contributed by atoms with van der Waals surface area (Å²) in [5.74, 6) is -1.59. The van der Waals surface area contributed by atoms with Crippen molar-refractivity contribution in [2.75, 3.05) is 18.6 Å². The molecule has 25 heavy (non-hydrogen) atoms. The number of carboxylic acid groups (broad SMARTS) is 1. The Morgan fingerprint density at radius 3 is 1.76 bits per heavy atom. The molecule has 0 aromatic carbocycles. The maximum Gasteiger partial charge on any atom is 0.340 e. The molecule has 0 fully saturated rings. The zero-order valence-electron chi connectivity index (χ0n) is 13.6. The third-order valence-corrected chi connectivity index (χ3v) is 3.72. The number of aromatic carboxylic acids is 1. The fourth-order valence-corrected chi connectivity index (χ4v) is 2.15. The van der Waals surface area contributed by atoms with Gasteiger partial charge in [0.2, 0.25) is 0 Å². The molecule has 134 valence electrons. The van der Waals surface area contributed by atoms with E-state index in [1.165, 1.54) is 19.5 Å². The number of carbonyl (C=O) groups is 2. The minimum atomic E-state index is -1.09. The van der Waals surface area contributed by atoms with E-state index in [-0.39, 0.29) is 32.8 Å². The highest BCUT2D eigenvalue weighted by atomic mass is 35.5. The summed E-state index contributed by atoms with van der Waals surface area (Å²) in [4.78, 5) is 29.3. The number of ether oxygens (including phenoxy) is 1. The SMILES string of the molecule is COC(=O)c1c(C)cnc(Cl)c1N.Cc1cnc(Cl)c(N)c1C(=O)O. The predicted molar refractivity (Wildman–Crippen MR) is 95.1 cm³/mol. The number of nitrogen functional groups attached to an aromatic ring is 2. The average molecular weight is 387 g/mol. The molecule has 0 aliphatic carbocycles. The minimum Gasteiger partial charge on any atom is -0.478 e. The number of anilines is 2. The number of esters is 1. The Morgan fingerprint density at radius 1 is 1.00 bits per heavy atom. The number of halogens is 2. The van der Waals surface area contributed by atoms with Gasteiger partial charge in [-0.1, -0.05) is 23.2 Å². The van der Waals surface area contributed by atoms with E-state index in [2.05, 4.69) is 14.7 Å². The van der Waals surface area contributed by atoms with E-state index >= 15 is 0 Å². The Balaban J connectivity index is 0.000000251. The van der Waals surface area contributed by atoms with Crippen molar-refractivity contribution in [3.05, 3.63) is 45.0 Å². The van der Waals surface area contributed by atoms with Crippen molar-refractivity contribution >= 4 is 46.5 Å². The summed E-state index contributed by atoms with van der Waals surface area (Å²) in [6, 6.07) is 0. The lowest BCUT2D eigenvalue weighted by Gasteiger charge is -2.07. The van der Waals surface area contributed by atoms with Crippen molar-refractivity contribution in [3.8, 4) is 0 Å². The molecular weight excluding hydrogens is 371 g/mol. The summed E-state index contributed by atoms with van der Waals surface area (Å²) < 4.78 is 4.55. The average Bonchev–Trinajstić information content (AvgIpc) is 2.55. The first kappa shape index (κ1) is 20.5. The first-order chi connectivity index (χ1) is 11.6. The summed E-state index contributed by atoms with van der Waals surface area (Å²) >= 11 is 11.2. The lowest BCUT2D eigenvalue weighted by atomic mass is 10.1. The second-order valence-corrected chi connectivity index (χ2v) is 5.55. The van der Waals surface area contributed by atoms with Crippen LogP contribution < -0.4 is 11.5 Å². The van der Waals surface area contributed by atoms with Gasteiger partial charge in [-0.25, -0.2) is 19.6 Å². The maximum atomic E-state index is 11.2. The Kier molecular flexibility index (Phi) is 6.96. The number of carbonyl (C=O) groups excluding carboxylic acids is 1. The fourth-order valence-electron chi connectivity index (χ4n) is 1.86. The van der Waals surface area contributed by atoms with Crippen LogP contribution in [0.2, 0.25) is 10.3 Å². The van der Waals surface area contributed by atoms with Crippen LogP contribution in [-0.4, -0.2) is 34.1 Å². The standard InChI is InChI=1S/C8H9ClN2O2.C7H7ClN2O2/c1-4-3-11-7(9)6(10)5(4)8(12)13-2;1-3-2-10-6(8)5(9)4(3)7(11)12/h3H,10H2,1-2H3;2H,9H2,1H3,(H,11,12). The van der Waals surface area contributed by atoms with Crippen molar-refractivity contribution in [1.29, 1.82) is 0 Å². The van der Waals surface area contributed by atoms with Crippen LogP contribution in [0.15, 0.2) is 12.4 Å². The van der Waals surface area contributed by atoms with Crippen LogP contribution in [0.25, 0.3) is 0 Å². The minimum absolute atomic E-state index is 0.0177. The summed E-state index contributed by atoms with van der Waals surface area (Å²) in [6.07, 6.45) is 2.85. The largest absolute Gasteiger partial charge is 0.478 e. The first-order valence-electron chi connectivity index (χ1n) is 6.74. The van der Waals surface area contributed by atoms with Gasteiger partial charge >= 0.3 is 11.9 Å². The van der Waals surface area contributed by atoms with Gasteiger partial charge in [0.15, 0.2) is 10.3 Å². The molecule has 0 radical (unpaired) electrons. The molecule has 2 aromatic heterocycles. The lowest BCUT2D eigenvalue weighted by molar-refractivity contribution is 0.0600. The normalized spacial score (nSPS) is 9.80. The second-order valence-electron chi connectivity index (χ2n) is 4.84. The number of rotatable bonds is 2. The molecule has 0 amide bonds. The van der Waals surface area contributed by atoms with Crippen molar-refractivity contribution in [2.45, 2.75) is 13.8 Å². The molecule has 0 saturated heterocycles. The van der Waals surface area contributed by atoms with Crippen molar-refractivity contribution in [2.24, 2.45) is 0 Å². The highest BCUT2D eigenvalue weighted by Crippen LogP contribution is 2.24. The molecule has 0 aliphatic heterocycles. The molecule has 2 heterocycles. The molecule has 2 aromatic rings. The van der Waals surface area contributed by atoms with Crippen LogP contribution in [0.5, 0.6) is 0 Å². The van der Waals surface area contributed by atoms with Gasteiger partial charge in [-0.2, -0.15) is 0 Å². The van der Waals surface area contributed by atoms with Gasteiger partial charge in [-0.3, -0.25) is 0 Å². The molecule has 0 bridgehead atoms. The smallest absolute Gasteiger partial charge is 0.340 e. The van der Waals surface area contributed by atoms with Gasteiger partial charge in [-0.15, -0.1) is 0 Å². The van der Waals surface area contributed by atoms with E-state index in [0.717, 1.165) is 0 Å². The van der Waals surface area contributed by atoms with Crippen molar-refractivity contribution in [1.82, 2.24) is 9.97 Å². The number of methoxy groups -OCH3 is 1. The van der Waals surface area contributed by atoms with E-state index in [4.69, 9.17) is 39.8 Å². The van der Waals surface area contributed by atoms with Gasteiger partial charge < -0.3 is 21.3 Å². The lowest BCUT2D eigenvalue weighted by Crippen LogP contribution is -2.09. The fraction of sp³-hybridized carbons (Fsp3) is 0.200. The number of aryl methyl sites for hydroxylation is 2. The molecule has 8 nitrogen and oxygen atoms in total. The molecule has 2 rings (SSSR count). The number of carboxylic acids is 1. The van der Waals surface area contributed by atoms with Crippen molar-refractivity contribution < 1.29 is 19.4 Å². The zero-order chi connectivity index (χ0) is 19.3. The Morgan fingerprint density at radius 2 is 1.40 bits per heavy atom. The number of aromatic nitrogens is 2. The maximum absolute atomic E-state index is 11.2. The summed E-state index contributed by atoms with van der Waals surface area (Å²) in [7, 11) is 1.29. The van der Waals surface area contributed by atoms with E-state index < -0.39 is 11.9 Å². The summed E-state index contributed by atoms with van der Waals surface area (Å²) in [6.45, 7) is 3.33. The topological polar surface area (TPSA) is 141 Å². The third kappa shape index (κ3) is 4.71. The molecule has 0 unspecified atom stereocenters. The van der Waals surface area contributed by atoms with Gasteiger partial charge in [0.25, 0.3) is 0 Å². The highest BCUT2D eigenvalue weighted by molar-refractivity contribution is 6.33. The van der Waals surface area contributed by atoms with Crippen LogP contribution >= 0.6 is 23.2 Å². The predicted octanol–water partition coefficient (Wildman–Crippen LogP) is 2.74. The second kappa shape index (κ2) is 8.50. The molecule has 0 aliphatic rings. The first-order valence-corrected chi connectivity index (χ1v) is 7.50. The number of hydrogen-bond acceptors (Lipinski definition) is 7. The molecular formula is C15H16Cl2N4O4. The van der Waals surface area contributed by atoms with Gasteiger partial charge in [0.05, 0.1) is 29.6 Å². The molecule has 0 spiro atoms. The van der Waals surface area contributed by atoms with Crippen LogP contribution in [0, 0.1) is 13.8 Å². The Bertz CT molecular complexity index is 828. The number of nitrogens with zero attached hydrogens (tertiary/aromatic N) is 2. The number of pyridine rings is 2. The van der Waals surface area contributed by atoms with Crippen LogP contribution in [0.4, 0.5) is 11.4 Å². The Labute approximate surface area is 153 Å². The van der Waals surface area contributed by atoms with Gasteiger partial charge in [0, 0.05) is 12.4 Å². The highest BCUT2D eigenvalue weighted by Gasteiger charge is 2.16. The van der Waals surface area contributed by atoms with Gasteiger partial charge in [-0.05, 0) is 25.0 Å². The quantitative estimate of drug-likeness (QED) is 0.528. The number of hydrogen-bond donors (Lipinski definition) is 3. The van der Waals surface area contributed by atoms with E-state index in [1.807, 2.05) is 0 Å². The summed E-state index contributed by atoms with van der Waals surface area (Å²) in [5, 5.41) is 8.85. The monoisotopic (exact) mass is 386 g/mol. The zero-order valence-corrected chi connectivity index (χ0v) is 15.1. The van der Waals surface area contributed by atoms with E-state index in [9.17, 15) is 9.59 Å². The molecule has 0 saturated carbocycles. The summed E-state index contributed by atoms with van der Waals surface area (Å²) in [5.41, 5.74) is 12.6. The van der Waals surface area contributed by atoms with Crippen LogP contribution in [0.3, 0.4) is 0 Å². The van der Waals surface area contributed by atoms with Crippen molar-refractivity contribution in [3.63, 3.8) is 0 Å². The van der Waals surface area contributed by atoms with E-state index in [1.54, 1.807) is 13.8 Å². The van der Waals surface area contributed by atoms with E-state index in [0.29, 0.717) is 11.1 Å². The van der Waals surface area contributed by atoms with Gasteiger partial charge in [0.1, 0.15) is 0 Å². The van der Waals surface area contributed by atoms with Crippen LogP contribution in [0.1, 0.15) is 31.8 Å². The molecule has 10 heteroatoms. The Hall–Kier alpha value is -2.58. The van der Waals surface area contributed by atoms with Crippen LogP contribution in [-0.2, 0) is 4.74 Å². The third-order valence-electron chi connectivity index (χ3n) is 3.12. The number of nitrogens with two attached hydrogens (primary N) is 2. The molecule has 0 atom stereocenters. The molecule has 5 N–H and O–H groups in total.